The highest BCUT2D eigenvalue weighted by molar-refractivity contribution is 6.03. The minimum Gasteiger partial charge on any atom is -0.497 e. The van der Waals surface area contributed by atoms with Gasteiger partial charge in [0, 0.05) is 6.42 Å². The van der Waals surface area contributed by atoms with Crippen LogP contribution in [-0.4, -0.2) is 36.3 Å². The van der Waals surface area contributed by atoms with Gasteiger partial charge in [0.25, 0.3) is 5.91 Å². The molecule has 1 heterocycles. The number of aryl methyl sites for hydroxylation is 1. The van der Waals surface area contributed by atoms with Gasteiger partial charge in [0.1, 0.15) is 5.75 Å². The lowest BCUT2D eigenvalue weighted by Gasteiger charge is -2.22. The van der Waals surface area contributed by atoms with Gasteiger partial charge in [0.05, 0.1) is 24.4 Å². The molecule has 0 fully saturated rings. The summed E-state index contributed by atoms with van der Waals surface area (Å²) >= 11 is 0. The van der Waals surface area contributed by atoms with Crippen molar-refractivity contribution < 1.29 is 19.1 Å². The second-order valence-corrected chi connectivity index (χ2v) is 9.16. The molecule has 1 amide bonds. The Morgan fingerprint density at radius 3 is 2.08 bits per heavy atom. The fraction of sp³-hybridized carbons (Fsp3) is 0.156. The van der Waals surface area contributed by atoms with Crippen molar-refractivity contribution in [1.82, 2.24) is 5.01 Å². The first-order chi connectivity index (χ1) is 18.5. The van der Waals surface area contributed by atoms with Gasteiger partial charge in [-0.05, 0) is 53.4 Å². The van der Waals surface area contributed by atoms with Crippen molar-refractivity contribution in [3.63, 3.8) is 0 Å². The molecule has 0 bridgehead atoms. The van der Waals surface area contributed by atoms with Gasteiger partial charge in [0.15, 0.2) is 6.61 Å². The second kappa shape index (κ2) is 11.1. The first-order valence-electron chi connectivity index (χ1n) is 12.4. The monoisotopic (exact) mass is 504 g/mol. The lowest BCUT2D eigenvalue weighted by Crippen LogP contribution is -2.31. The van der Waals surface area contributed by atoms with E-state index in [1.54, 1.807) is 19.2 Å². The number of esters is 1. The average molecular weight is 505 g/mol. The number of methoxy groups -OCH3 is 1. The summed E-state index contributed by atoms with van der Waals surface area (Å²) < 4.78 is 10.7. The lowest BCUT2D eigenvalue weighted by molar-refractivity contribution is -0.136. The zero-order valence-corrected chi connectivity index (χ0v) is 21.3. The summed E-state index contributed by atoms with van der Waals surface area (Å²) in [6, 6.07) is 32.4. The van der Waals surface area contributed by atoms with E-state index in [0.717, 1.165) is 33.7 Å². The quantitative estimate of drug-likeness (QED) is 0.281. The van der Waals surface area contributed by atoms with E-state index >= 15 is 0 Å². The summed E-state index contributed by atoms with van der Waals surface area (Å²) in [5.41, 5.74) is 6.31. The average Bonchev–Trinajstić information content (AvgIpc) is 3.42. The molecule has 6 heteroatoms. The van der Waals surface area contributed by atoms with Gasteiger partial charge in [-0.15, -0.1) is 0 Å². The van der Waals surface area contributed by atoms with Crippen LogP contribution in [-0.2, 0) is 9.53 Å². The molecule has 38 heavy (non-hydrogen) atoms. The SMILES string of the molecule is COc1ccc(C2CC(c3ccccc3)=NN2C(=O)COC(=O)c2ccc(-c3ccc(C)cc3)cc2)cc1. The molecule has 0 aliphatic carbocycles. The van der Waals surface area contributed by atoms with Gasteiger partial charge in [-0.3, -0.25) is 4.79 Å². The molecule has 1 aliphatic rings. The normalized spacial score (nSPS) is 14.6. The van der Waals surface area contributed by atoms with E-state index in [9.17, 15) is 9.59 Å². The highest BCUT2D eigenvalue weighted by Gasteiger charge is 2.33. The zero-order chi connectivity index (χ0) is 26.5. The number of rotatable bonds is 7. The first kappa shape index (κ1) is 25.0. The molecular formula is C32H28N2O4. The Bertz CT molecular complexity index is 1440. The minimum atomic E-state index is -0.554. The molecule has 4 aromatic carbocycles. The van der Waals surface area contributed by atoms with Crippen molar-refractivity contribution in [1.29, 1.82) is 0 Å². The summed E-state index contributed by atoms with van der Waals surface area (Å²) in [6.45, 7) is 1.64. The molecule has 4 aromatic rings. The summed E-state index contributed by atoms with van der Waals surface area (Å²) in [5, 5.41) is 6.07. The van der Waals surface area contributed by atoms with E-state index in [0.29, 0.717) is 12.0 Å². The van der Waals surface area contributed by atoms with Crippen LogP contribution >= 0.6 is 0 Å². The van der Waals surface area contributed by atoms with Gasteiger partial charge in [-0.25, -0.2) is 9.80 Å². The topological polar surface area (TPSA) is 68.2 Å². The Morgan fingerprint density at radius 1 is 0.816 bits per heavy atom. The summed E-state index contributed by atoms with van der Waals surface area (Å²) in [7, 11) is 1.61. The van der Waals surface area contributed by atoms with Crippen LogP contribution in [0.5, 0.6) is 5.75 Å². The van der Waals surface area contributed by atoms with Crippen molar-refractivity contribution in [2.75, 3.05) is 13.7 Å². The number of amides is 1. The van der Waals surface area contributed by atoms with Crippen molar-refractivity contribution in [2.45, 2.75) is 19.4 Å². The van der Waals surface area contributed by atoms with Crippen LogP contribution in [0.15, 0.2) is 108 Å². The number of carbonyl (C=O) groups excluding carboxylic acids is 2. The number of benzene rings is 4. The van der Waals surface area contributed by atoms with Crippen LogP contribution in [0.25, 0.3) is 11.1 Å². The molecule has 1 unspecified atom stereocenters. The highest BCUT2D eigenvalue weighted by Crippen LogP contribution is 2.33. The van der Waals surface area contributed by atoms with Gasteiger partial charge < -0.3 is 9.47 Å². The summed E-state index contributed by atoms with van der Waals surface area (Å²) in [4.78, 5) is 26.0. The van der Waals surface area contributed by atoms with Crippen LogP contribution in [0, 0.1) is 6.92 Å². The van der Waals surface area contributed by atoms with E-state index in [1.165, 1.54) is 10.6 Å². The van der Waals surface area contributed by atoms with Gasteiger partial charge >= 0.3 is 5.97 Å². The predicted molar refractivity (Wildman–Crippen MR) is 147 cm³/mol. The van der Waals surface area contributed by atoms with Crippen molar-refractivity contribution in [3.05, 3.63) is 125 Å². The van der Waals surface area contributed by atoms with E-state index in [1.807, 2.05) is 97.9 Å². The Morgan fingerprint density at radius 2 is 1.45 bits per heavy atom. The minimum absolute atomic E-state index is 0.309. The third-order valence-corrected chi connectivity index (χ3v) is 6.61. The molecule has 1 atom stereocenters. The first-order valence-corrected chi connectivity index (χ1v) is 12.4. The Labute approximate surface area is 222 Å². The van der Waals surface area contributed by atoms with Crippen LogP contribution < -0.4 is 4.74 Å². The number of hydrogen-bond donors (Lipinski definition) is 0. The molecule has 0 spiro atoms. The maximum Gasteiger partial charge on any atom is 0.338 e. The fourth-order valence-corrected chi connectivity index (χ4v) is 4.45. The van der Waals surface area contributed by atoms with Crippen molar-refractivity contribution >= 4 is 17.6 Å². The number of ether oxygens (including phenoxy) is 2. The lowest BCUT2D eigenvalue weighted by atomic mass is 9.98. The maximum absolute atomic E-state index is 13.2. The molecule has 5 rings (SSSR count). The fourth-order valence-electron chi connectivity index (χ4n) is 4.45. The number of hydrazone groups is 1. The molecule has 6 nitrogen and oxygen atoms in total. The van der Waals surface area contributed by atoms with Gasteiger partial charge in [-0.1, -0.05) is 84.4 Å². The molecule has 0 N–H and O–H groups in total. The third-order valence-electron chi connectivity index (χ3n) is 6.61. The van der Waals surface area contributed by atoms with E-state index in [2.05, 4.69) is 5.10 Å². The predicted octanol–water partition coefficient (Wildman–Crippen LogP) is 6.21. The maximum atomic E-state index is 13.2. The molecule has 0 aromatic heterocycles. The van der Waals surface area contributed by atoms with Crippen LogP contribution in [0.2, 0.25) is 0 Å². The largest absolute Gasteiger partial charge is 0.497 e. The standard InChI is InChI=1S/C32H28N2O4/c1-22-8-10-23(11-9-22)24-12-14-27(15-13-24)32(36)38-21-31(35)34-30(26-16-18-28(37-2)19-17-26)20-29(33-34)25-6-4-3-5-7-25/h3-19,30H,20-21H2,1-2H3. The molecule has 0 radical (unpaired) electrons. The van der Waals surface area contributed by atoms with E-state index in [4.69, 9.17) is 9.47 Å². The molecule has 1 aliphatic heterocycles. The van der Waals surface area contributed by atoms with Gasteiger partial charge in [0.2, 0.25) is 0 Å². The highest BCUT2D eigenvalue weighted by atomic mass is 16.5. The molecular weight excluding hydrogens is 476 g/mol. The Kier molecular flexibility index (Phi) is 7.31. The third kappa shape index (κ3) is 5.49. The van der Waals surface area contributed by atoms with Crippen LogP contribution in [0.3, 0.4) is 0 Å². The summed E-state index contributed by atoms with van der Waals surface area (Å²) in [5.74, 6) is -0.209. The Balaban J connectivity index is 1.29. The number of hydrogen-bond acceptors (Lipinski definition) is 5. The second-order valence-electron chi connectivity index (χ2n) is 9.16. The zero-order valence-electron chi connectivity index (χ0n) is 21.3. The van der Waals surface area contributed by atoms with Crippen molar-refractivity contribution in [2.24, 2.45) is 5.10 Å². The summed E-state index contributed by atoms with van der Waals surface area (Å²) in [6.07, 6.45) is 0.552. The van der Waals surface area contributed by atoms with Crippen molar-refractivity contribution in [3.8, 4) is 16.9 Å². The Hall–Kier alpha value is -4.71. The smallest absolute Gasteiger partial charge is 0.338 e. The molecule has 190 valence electrons. The van der Waals surface area contributed by atoms with E-state index in [-0.39, 0.29) is 11.9 Å². The number of carbonyl (C=O) groups is 2. The van der Waals surface area contributed by atoms with Crippen LogP contribution in [0.1, 0.15) is 39.5 Å². The molecule has 0 saturated carbocycles. The number of nitrogens with zero attached hydrogens (tertiary/aromatic N) is 2. The van der Waals surface area contributed by atoms with E-state index < -0.39 is 12.6 Å². The van der Waals surface area contributed by atoms with Gasteiger partial charge in [-0.2, -0.15) is 5.10 Å². The molecule has 0 saturated heterocycles. The van der Waals surface area contributed by atoms with Crippen LogP contribution in [0.4, 0.5) is 0 Å².